The summed E-state index contributed by atoms with van der Waals surface area (Å²) >= 11 is 5.70. The Kier molecular flexibility index (Phi) is 4.61. The molecular weight excluding hydrogens is 276 g/mol. The van der Waals surface area contributed by atoms with Crippen molar-refractivity contribution in [3.63, 3.8) is 0 Å². The number of halogens is 1. The molecular formula is C11H17ClN2O3S. The van der Waals surface area contributed by atoms with E-state index in [2.05, 4.69) is 4.72 Å². The van der Waals surface area contributed by atoms with Crippen LogP contribution in [0, 0.1) is 0 Å². The molecule has 0 aliphatic heterocycles. The minimum atomic E-state index is -3.74. The minimum Gasteiger partial charge on any atom is -0.398 e. The van der Waals surface area contributed by atoms with Crippen molar-refractivity contribution in [2.24, 2.45) is 0 Å². The smallest absolute Gasteiger partial charge is 0.242 e. The molecule has 0 aliphatic rings. The Morgan fingerprint density at radius 3 is 2.61 bits per heavy atom. The van der Waals surface area contributed by atoms with Crippen LogP contribution >= 0.6 is 11.6 Å². The summed E-state index contributed by atoms with van der Waals surface area (Å²) in [5.74, 6) is 0. The van der Waals surface area contributed by atoms with Crippen LogP contribution in [0.4, 0.5) is 5.69 Å². The molecule has 18 heavy (non-hydrogen) atoms. The van der Waals surface area contributed by atoms with Gasteiger partial charge in [0.1, 0.15) is 4.90 Å². The van der Waals surface area contributed by atoms with E-state index >= 15 is 0 Å². The zero-order valence-corrected chi connectivity index (χ0v) is 11.8. The number of anilines is 1. The normalized spacial score (nSPS) is 15.3. The molecule has 0 saturated carbocycles. The first-order valence-corrected chi connectivity index (χ1v) is 7.31. The first-order valence-electron chi connectivity index (χ1n) is 5.45. The quantitative estimate of drug-likeness (QED) is 0.715. The summed E-state index contributed by atoms with van der Waals surface area (Å²) in [6.07, 6.45) is 0.436. The molecule has 0 radical (unpaired) electrons. The second-order valence-corrected chi connectivity index (χ2v) is 6.53. The lowest BCUT2D eigenvalue weighted by Gasteiger charge is -2.21. The van der Waals surface area contributed by atoms with E-state index in [0.717, 1.165) is 0 Å². The molecule has 0 aromatic heterocycles. The van der Waals surface area contributed by atoms with Gasteiger partial charge in [0.25, 0.3) is 0 Å². The van der Waals surface area contributed by atoms with Crippen LogP contribution in [0.1, 0.15) is 20.3 Å². The molecule has 0 fully saturated rings. The van der Waals surface area contributed by atoms with E-state index in [0.29, 0.717) is 11.4 Å². The second-order valence-electron chi connectivity index (χ2n) is 4.36. The Labute approximate surface area is 112 Å². The molecule has 1 atom stereocenters. The maximum Gasteiger partial charge on any atom is 0.242 e. The summed E-state index contributed by atoms with van der Waals surface area (Å²) in [5, 5.41) is 10.1. The Balaban J connectivity index is 2.94. The van der Waals surface area contributed by atoms with E-state index in [1.807, 2.05) is 0 Å². The van der Waals surface area contributed by atoms with Gasteiger partial charge in [0.05, 0.1) is 11.3 Å². The number of nitrogens with two attached hydrogens (primary N) is 1. The summed E-state index contributed by atoms with van der Waals surface area (Å²) in [7, 11) is -3.74. The van der Waals surface area contributed by atoms with Crippen molar-refractivity contribution in [1.29, 1.82) is 0 Å². The molecule has 4 N–H and O–H groups in total. The average molecular weight is 293 g/mol. The topological polar surface area (TPSA) is 92.4 Å². The number of hydrogen-bond donors (Lipinski definition) is 3. The lowest BCUT2D eigenvalue weighted by atomic mass is 10.1. The van der Waals surface area contributed by atoms with Gasteiger partial charge in [0.2, 0.25) is 10.0 Å². The Hall–Kier alpha value is -0.820. The average Bonchev–Trinajstić information content (AvgIpc) is 2.26. The van der Waals surface area contributed by atoms with Crippen LogP contribution in [-0.2, 0) is 10.0 Å². The van der Waals surface area contributed by atoms with E-state index in [-0.39, 0.29) is 17.1 Å². The lowest BCUT2D eigenvalue weighted by molar-refractivity contribution is 0.0613. The highest BCUT2D eigenvalue weighted by molar-refractivity contribution is 7.89. The molecule has 7 heteroatoms. The van der Waals surface area contributed by atoms with Gasteiger partial charge in [-0.25, -0.2) is 13.1 Å². The fourth-order valence-corrected chi connectivity index (χ4v) is 2.67. The fourth-order valence-electron chi connectivity index (χ4n) is 1.22. The van der Waals surface area contributed by atoms with E-state index in [1.165, 1.54) is 18.2 Å². The number of aliphatic hydroxyl groups is 1. The molecule has 5 nitrogen and oxygen atoms in total. The monoisotopic (exact) mass is 292 g/mol. The van der Waals surface area contributed by atoms with Crippen LogP contribution in [-0.4, -0.2) is 25.7 Å². The number of benzene rings is 1. The second kappa shape index (κ2) is 5.44. The van der Waals surface area contributed by atoms with Crippen molar-refractivity contribution in [3.8, 4) is 0 Å². The fraction of sp³-hybridized carbons (Fsp3) is 0.455. The van der Waals surface area contributed by atoms with E-state index < -0.39 is 15.6 Å². The van der Waals surface area contributed by atoms with Crippen molar-refractivity contribution >= 4 is 27.3 Å². The van der Waals surface area contributed by atoms with E-state index in [9.17, 15) is 13.5 Å². The van der Waals surface area contributed by atoms with Gasteiger partial charge in [0.15, 0.2) is 0 Å². The minimum absolute atomic E-state index is 0.0428. The van der Waals surface area contributed by atoms with Gasteiger partial charge >= 0.3 is 0 Å². The third-order valence-corrected chi connectivity index (χ3v) is 4.38. The van der Waals surface area contributed by atoms with Crippen LogP contribution < -0.4 is 10.5 Å². The van der Waals surface area contributed by atoms with Gasteiger partial charge in [-0.1, -0.05) is 18.5 Å². The zero-order valence-electron chi connectivity index (χ0n) is 10.3. The summed E-state index contributed by atoms with van der Waals surface area (Å²) in [4.78, 5) is -0.0428. The third-order valence-electron chi connectivity index (χ3n) is 2.67. The molecule has 0 aliphatic carbocycles. The van der Waals surface area contributed by atoms with Crippen molar-refractivity contribution in [2.45, 2.75) is 30.8 Å². The molecule has 0 amide bonds. The SMILES string of the molecule is CCC(C)(O)CNS(=O)(=O)c1ccc(Cl)cc1N. The predicted molar refractivity (Wildman–Crippen MR) is 72.0 cm³/mol. The molecule has 1 aromatic rings. The van der Waals surface area contributed by atoms with Gasteiger partial charge in [-0.15, -0.1) is 0 Å². The summed E-state index contributed by atoms with van der Waals surface area (Å²) in [6.45, 7) is 3.25. The molecule has 0 heterocycles. The number of sulfonamides is 1. The molecule has 0 saturated heterocycles. The molecule has 0 bridgehead atoms. The largest absolute Gasteiger partial charge is 0.398 e. The number of nitrogen functional groups attached to an aromatic ring is 1. The molecule has 1 aromatic carbocycles. The maximum atomic E-state index is 12.0. The summed E-state index contributed by atoms with van der Waals surface area (Å²) in [5.41, 5.74) is 4.60. The van der Waals surface area contributed by atoms with E-state index in [4.69, 9.17) is 17.3 Å². The summed E-state index contributed by atoms with van der Waals surface area (Å²) < 4.78 is 26.3. The first kappa shape index (κ1) is 15.2. The van der Waals surface area contributed by atoms with Crippen molar-refractivity contribution in [1.82, 2.24) is 4.72 Å². The van der Waals surface area contributed by atoms with Gasteiger partial charge in [0, 0.05) is 11.6 Å². The Morgan fingerprint density at radius 2 is 2.11 bits per heavy atom. The van der Waals surface area contributed by atoms with Crippen LogP contribution in [0.5, 0.6) is 0 Å². The zero-order chi connectivity index (χ0) is 14.0. The third kappa shape index (κ3) is 3.84. The van der Waals surface area contributed by atoms with Crippen LogP contribution in [0.25, 0.3) is 0 Å². The van der Waals surface area contributed by atoms with Gasteiger partial charge in [-0.3, -0.25) is 0 Å². The van der Waals surface area contributed by atoms with Crippen LogP contribution in [0.2, 0.25) is 5.02 Å². The number of rotatable bonds is 5. The maximum absolute atomic E-state index is 12.0. The molecule has 0 spiro atoms. The van der Waals surface area contributed by atoms with Crippen LogP contribution in [0.3, 0.4) is 0 Å². The molecule has 1 rings (SSSR count). The standard InChI is InChI=1S/C11H17ClN2O3S/c1-3-11(2,15)7-14-18(16,17)10-5-4-8(12)6-9(10)13/h4-6,14-15H,3,7,13H2,1-2H3. The Bertz CT molecular complexity index is 529. The first-order chi connectivity index (χ1) is 8.18. The lowest BCUT2D eigenvalue weighted by Crippen LogP contribution is -2.40. The number of nitrogens with one attached hydrogen (secondary N) is 1. The van der Waals surface area contributed by atoms with Crippen LogP contribution in [0.15, 0.2) is 23.1 Å². The van der Waals surface area contributed by atoms with Gasteiger partial charge < -0.3 is 10.8 Å². The highest BCUT2D eigenvalue weighted by atomic mass is 35.5. The van der Waals surface area contributed by atoms with Crippen molar-refractivity contribution in [2.75, 3.05) is 12.3 Å². The highest BCUT2D eigenvalue weighted by Gasteiger charge is 2.23. The summed E-state index contributed by atoms with van der Waals surface area (Å²) in [6, 6.07) is 4.15. The van der Waals surface area contributed by atoms with Gasteiger partial charge in [-0.05, 0) is 31.5 Å². The van der Waals surface area contributed by atoms with Crippen molar-refractivity contribution < 1.29 is 13.5 Å². The predicted octanol–water partition coefficient (Wildman–Crippen LogP) is 1.36. The molecule has 102 valence electrons. The van der Waals surface area contributed by atoms with Crippen molar-refractivity contribution in [3.05, 3.63) is 23.2 Å². The Morgan fingerprint density at radius 1 is 1.50 bits per heavy atom. The van der Waals surface area contributed by atoms with E-state index in [1.54, 1.807) is 13.8 Å². The molecule has 1 unspecified atom stereocenters. The highest BCUT2D eigenvalue weighted by Crippen LogP contribution is 2.22. The van der Waals surface area contributed by atoms with Gasteiger partial charge in [-0.2, -0.15) is 0 Å². The number of hydrogen-bond acceptors (Lipinski definition) is 4.